The van der Waals surface area contributed by atoms with E-state index in [4.69, 9.17) is 0 Å². The quantitative estimate of drug-likeness (QED) is 0.679. The van der Waals surface area contributed by atoms with Crippen LogP contribution in [0.5, 0.6) is 0 Å². The van der Waals surface area contributed by atoms with Crippen molar-refractivity contribution in [1.82, 2.24) is 0 Å². The largest absolute Gasteiger partial charge is 0.157 e. The Balaban J connectivity index is 2.58. The second-order valence-electron chi connectivity index (χ2n) is 2.58. The van der Waals surface area contributed by atoms with Gasteiger partial charge in [0.25, 0.3) is 0 Å². The van der Waals surface area contributed by atoms with Crippen LogP contribution in [0.2, 0.25) is 0 Å². The maximum atomic E-state index is 3.72. The molecule has 1 aromatic rings. The molecule has 0 fully saturated rings. The third-order valence-corrected chi connectivity index (χ3v) is 2.63. The number of hydrogen-bond acceptors (Lipinski definition) is 1. The molecule has 0 radical (unpaired) electrons. The first-order valence-electron chi connectivity index (χ1n) is 4.16. The highest BCUT2D eigenvalue weighted by molar-refractivity contribution is 7.98. The van der Waals surface area contributed by atoms with Crippen molar-refractivity contribution in [2.24, 2.45) is 0 Å². The van der Waals surface area contributed by atoms with Gasteiger partial charge in [-0.05, 0) is 16.9 Å². The van der Waals surface area contributed by atoms with Gasteiger partial charge in [-0.15, -0.1) is 0 Å². The molecular formula is C11H14S. The van der Waals surface area contributed by atoms with E-state index in [1.165, 1.54) is 16.9 Å². The van der Waals surface area contributed by atoms with Gasteiger partial charge in [0, 0.05) is 5.75 Å². The van der Waals surface area contributed by atoms with Crippen LogP contribution in [-0.4, -0.2) is 5.75 Å². The third-order valence-electron chi connectivity index (χ3n) is 1.69. The molecule has 1 heteroatoms. The Hall–Kier alpha value is -0.690. The zero-order chi connectivity index (χ0) is 8.81. The summed E-state index contributed by atoms with van der Waals surface area (Å²) in [7, 11) is 0. The molecule has 0 aromatic heterocycles. The zero-order valence-corrected chi connectivity index (χ0v) is 8.23. The normalized spacial score (nSPS) is 9.75. The van der Waals surface area contributed by atoms with E-state index < -0.39 is 0 Å². The molecule has 0 nitrogen and oxygen atoms in total. The van der Waals surface area contributed by atoms with E-state index in [1.54, 1.807) is 0 Å². The molecule has 0 saturated carbocycles. The van der Waals surface area contributed by atoms with Gasteiger partial charge in [0.2, 0.25) is 0 Å². The molecule has 0 amide bonds. The highest BCUT2D eigenvalue weighted by atomic mass is 32.2. The Bertz CT molecular complexity index is 236. The van der Waals surface area contributed by atoms with Crippen LogP contribution in [0.3, 0.4) is 0 Å². The lowest BCUT2D eigenvalue weighted by molar-refractivity contribution is 1.39. The number of thioether (sulfide) groups is 1. The van der Waals surface area contributed by atoms with Crippen LogP contribution in [0.4, 0.5) is 0 Å². The Morgan fingerprint density at radius 1 is 1.33 bits per heavy atom. The van der Waals surface area contributed by atoms with E-state index in [-0.39, 0.29) is 0 Å². The van der Waals surface area contributed by atoms with Crippen LogP contribution < -0.4 is 0 Å². The van der Waals surface area contributed by atoms with Crippen molar-refractivity contribution < 1.29 is 0 Å². The molecule has 0 bridgehead atoms. The first-order valence-corrected chi connectivity index (χ1v) is 5.31. The predicted octanol–water partition coefficient (Wildman–Crippen LogP) is 3.58. The summed E-state index contributed by atoms with van der Waals surface area (Å²) in [5.74, 6) is 2.30. The Morgan fingerprint density at radius 2 is 2.00 bits per heavy atom. The first-order chi connectivity index (χ1) is 5.86. The molecule has 0 aliphatic carbocycles. The standard InChI is InChI=1S/C11H14S/c1-3-10-5-7-11(8-6-10)9-12-4-2/h3,5-8H,1,4,9H2,2H3. The lowest BCUT2D eigenvalue weighted by Gasteiger charge is -1.99. The summed E-state index contributed by atoms with van der Waals surface area (Å²) in [6, 6.07) is 8.55. The van der Waals surface area contributed by atoms with Crippen molar-refractivity contribution in [2.75, 3.05) is 5.75 Å². The van der Waals surface area contributed by atoms with Crippen LogP contribution in [0.15, 0.2) is 30.8 Å². The van der Waals surface area contributed by atoms with Crippen LogP contribution in [0.1, 0.15) is 18.1 Å². The Morgan fingerprint density at radius 3 is 2.50 bits per heavy atom. The molecule has 0 atom stereocenters. The summed E-state index contributed by atoms with van der Waals surface area (Å²) in [5.41, 5.74) is 2.59. The highest BCUT2D eigenvalue weighted by Gasteiger charge is 1.91. The minimum Gasteiger partial charge on any atom is -0.157 e. The lowest BCUT2D eigenvalue weighted by atomic mass is 10.1. The van der Waals surface area contributed by atoms with Gasteiger partial charge in [0.05, 0.1) is 0 Å². The third kappa shape index (κ3) is 2.74. The van der Waals surface area contributed by atoms with Gasteiger partial charge in [-0.25, -0.2) is 0 Å². The van der Waals surface area contributed by atoms with E-state index in [1.807, 2.05) is 17.8 Å². The summed E-state index contributed by atoms with van der Waals surface area (Å²) >= 11 is 1.95. The number of hydrogen-bond donors (Lipinski definition) is 0. The molecule has 0 unspecified atom stereocenters. The van der Waals surface area contributed by atoms with Gasteiger partial charge < -0.3 is 0 Å². The molecule has 0 aliphatic rings. The van der Waals surface area contributed by atoms with Crippen molar-refractivity contribution in [2.45, 2.75) is 12.7 Å². The average Bonchev–Trinajstić information content (AvgIpc) is 2.15. The van der Waals surface area contributed by atoms with Crippen molar-refractivity contribution in [3.63, 3.8) is 0 Å². The first kappa shape index (κ1) is 9.40. The van der Waals surface area contributed by atoms with Gasteiger partial charge in [-0.3, -0.25) is 0 Å². The maximum Gasteiger partial charge on any atom is 0.0184 e. The van der Waals surface area contributed by atoms with Crippen LogP contribution in [-0.2, 0) is 5.75 Å². The molecule has 0 aliphatic heterocycles. The highest BCUT2D eigenvalue weighted by Crippen LogP contribution is 2.12. The van der Waals surface area contributed by atoms with Crippen molar-refractivity contribution in [3.8, 4) is 0 Å². The minimum absolute atomic E-state index is 1.12. The lowest BCUT2D eigenvalue weighted by Crippen LogP contribution is -1.80. The molecule has 0 saturated heterocycles. The van der Waals surface area contributed by atoms with Gasteiger partial charge in [0.1, 0.15) is 0 Å². The molecule has 0 heterocycles. The van der Waals surface area contributed by atoms with Crippen molar-refractivity contribution in [1.29, 1.82) is 0 Å². The molecule has 1 aromatic carbocycles. The Kier molecular flexibility index (Phi) is 3.95. The van der Waals surface area contributed by atoms with Crippen molar-refractivity contribution in [3.05, 3.63) is 42.0 Å². The minimum atomic E-state index is 1.12. The van der Waals surface area contributed by atoms with Gasteiger partial charge in [-0.2, -0.15) is 11.8 Å². The summed E-state index contributed by atoms with van der Waals surface area (Å²) < 4.78 is 0. The second-order valence-corrected chi connectivity index (χ2v) is 3.86. The van der Waals surface area contributed by atoms with Gasteiger partial charge >= 0.3 is 0 Å². The summed E-state index contributed by atoms with van der Waals surface area (Å²) in [6.07, 6.45) is 1.87. The van der Waals surface area contributed by atoms with Gasteiger partial charge in [-0.1, -0.05) is 43.8 Å². The maximum absolute atomic E-state index is 3.72. The molecule has 0 spiro atoms. The molecule has 64 valence electrons. The monoisotopic (exact) mass is 178 g/mol. The molecule has 12 heavy (non-hydrogen) atoms. The summed E-state index contributed by atoms with van der Waals surface area (Å²) in [5, 5.41) is 0. The van der Waals surface area contributed by atoms with Crippen molar-refractivity contribution >= 4 is 17.8 Å². The molecular weight excluding hydrogens is 164 g/mol. The smallest absolute Gasteiger partial charge is 0.0184 e. The van der Waals surface area contributed by atoms with E-state index in [0.29, 0.717) is 0 Å². The fourth-order valence-electron chi connectivity index (χ4n) is 0.970. The SMILES string of the molecule is C=Cc1ccc(CSCC)cc1. The topological polar surface area (TPSA) is 0 Å². The average molecular weight is 178 g/mol. The fraction of sp³-hybridized carbons (Fsp3) is 0.273. The zero-order valence-electron chi connectivity index (χ0n) is 7.42. The van der Waals surface area contributed by atoms with Crippen LogP contribution in [0.25, 0.3) is 6.08 Å². The summed E-state index contributed by atoms with van der Waals surface area (Å²) in [6.45, 7) is 5.90. The van der Waals surface area contributed by atoms with Crippen LogP contribution in [0, 0.1) is 0 Å². The van der Waals surface area contributed by atoms with E-state index in [0.717, 1.165) is 5.75 Å². The Labute approximate surface area is 78.7 Å². The molecule has 0 N–H and O–H groups in total. The van der Waals surface area contributed by atoms with E-state index >= 15 is 0 Å². The predicted molar refractivity (Wildman–Crippen MR) is 58.4 cm³/mol. The van der Waals surface area contributed by atoms with E-state index in [2.05, 4.69) is 37.8 Å². The number of rotatable bonds is 4. The summed E-state index contributed by atoms with van der Waals surface area (Å²) in [4.78, 5) is 0. The van der Waals surface area contributed by atoms with Gasteiger partial charge in [0.15, 0.2) is 0 Å². The van der Waals surface area contributed by atoms with Crippen LogP contribution >= 0.6 is 11.8 Å². The number of benzene rings is 1. The van der Waals surface area contributed by atoms with E-state index in [9.17, 15) is 0 Å². The second kappa shape index (κ2) is 5.04. The molecule has 1 rings (SSSR count). The fourth-order valence-corrected chi connectivity index (χ4v) is 1.60.